The van der Waals surface area contributed by atoms with Crippen LogP contribution >= 0.6 is 0 Å². The minimum absolute atomic E-state index is 0.457. The van der Waals surface area contributed by atoms with E-state index in [9.17, 15) is 9.59 Å². The van der Waals surface area contributed by atoms with E-state index in [0.29, 0.717) is 38.4 Å². The first kappa shape index (κ1) is 12.5. The van der Waals surface area contributed by atoms with Gasteiger partial charge in [0.1, 0.15) is 5.69 Å². The first-order valence-corrected chi connectivity index (χ1v) is 5.80. The first-order chi connectivity index (χ1) is 8.70. The van der Waals surface area contributed by atoms with Gasteiger partial charge in [0.15, 0.2) is 6.29 Å². The number of nitrogens with zero attached hydrogens (tertiary/aromatic N) is 3. The minimum atomic E-state index is -0.871. The lowest BCUT2D eigenvalue weighted by Crippen LogP contribution is -2.47. The summed E-state index contributed by atoms with van der Waals surface area (Å²) in [4.78, 5) is 29.2. The summed E-state index contributed by atoms with van der Waals surface area (Å²) >= 11 is 0. The Kier molecular flexibility index (Phi) is 3.88. The van der Waals surface area contributed by atoms with Crippen LogP contribution in [0.15, 0.2) is 18.3 Å². The van der Waals surface area contributed by atoms with Crippen LogP contribution in [0.1, 0.15) is 16.1 Å². The van der Waals surface area contributed by atoms with Crippen molar-refractivity contribution in [2.45, 2.75) is 6.54 Å². The SMILES string of the molecule is O=Cc1ncccc1CN1CCN(C(=O)O)CC1. The molecule has 1 aromatic heterocycles. The van der Waals surface area contributed by atoms with Gasteiger partial charge >= 0.3 is 6.09 Å². The molecule has 0 aromatic carbocycles. The van der Waals surface area contributed by atoms with Crippen molar-refractivity contribution in [1.82, 2.24) is 14.8 Å². The summed E-state index contributed by atoms with van der Waals surface area (Å²) in [7, 11) is 0. The van der Waals surface area contributed by atoms with Gasteiger partial charge < -0.3 is 10.0 Å². The summed E-state index contributed by atoms with van der Waals surface area (Å²) in [5.74, 6) is 0. The Morgan fingerprint density at radius 2 is 2.11 bits per heavy atom. The number of carboxylic acid groups (broad SMARTS) is 1. The molecule has 1 N–H and O–H groups in total. The quantitative estimate of drug-likeness (QED) is 0.798. The van der Waals surface area contributed by atoms with Gasteiger partial charge in [-0.1, -0.05) is 6.07 Å². The molecule has 0 atom stereocenters. The number of aromatic nitrogens is 1. The van der Waals surface area contributed by atoms with Crippen LogP contribution < -0.4 is 0 Å². The summed E-state index contributed by atoms with van der Waals surface area (Å²) in [5, 5.41) is 8.85. The number of amides is 1. The molecule has 0 bridgehead atoms. The van der Waals surface area contributed by atoms with Crippen LogP contribution in [0.25, 0.3) is 0 Å². The van der Waals surface area contributed by atoms with E-state index in [2.05, 4.69) is 9.88 Å². The lowest BCUT2D eigenvalue weighted by molar-refractivity contribution is 0.102. The van der Waals surface area contributed by atoms with Gasteiger partial charge in [0.2, 0.25) is 0 Å². The Balaban J connectivity index is 1.95. The van der Waals surface area contributed by atoms with Crippen molar-refractivity contribution in [3.05, 3.63) is 29.6 Å². The van der Waals surface area contributed by atoms with E-state index >= 15 is 0 Å². The van der Waals surface area contributed by atoms with Crippen LogP contribution in [0, 0.1) is 0 Å². The highest BCUT2D eigenvalue weighted by Gasteiger charge is 2.20. The molecule has 1 aliphatic rings. The zero-order valence-corrected chi connectivity index (χ0v) is 9.95. The number of pyridine rings is 1. The lowest BCUT2D eigenvalue weighted by atomic mass is 10.2. The third-order valence-corrected chi connectivity index (χ3v) is 3.07. The molecule has 0 aliphatic carbocycles. The van der Waals surface area contributed by atoms with Crippen LogP contribution in [0.3, 0.4) is 0 Å². The van der Waals surface area contributed by atoms with Crippen molar-refractivity contribution in [2.24, 2.45) is 0 Å². The minimum Gasteiger partial charge on any atom is -0.465 e. The fourth-order valence-corrected chi connectivity index (χ4v) is 2.03. The van der Waals surface area contributed by atoms with Crippen molar-refractivity contribution < 1.29 is 14.7 Å². The van der Waals surface area contributed by atoms with Gasteiger partial charge in [-0.15, -0.1) is 0 Å². The summed E-state index contributed by atoms with van der Waals surface area (Å²) < 4.78 is 0. The molecular formula is C12H15N3O3. The third kappa shape index (κ3) is 2.84. The van der Waals surface area contributed by atoms with E-state index in [1.54, 1.807) is 12.3 Å². The monoisotopic (exact) mass is 249 g/mol. The lowest BCUT2D eigenvalue weighted by Gasteiger charge is -2.33. The van der Waals surface area contributed by atoms with Crippen LogP contribution in [-0.4, -0.2) is 58.4 Å². The molecule has 0 unspecified atom stereocenters. The van der Waals surface area contributed by atoms with Gasteiger partial charge in [0.05, 0.1) is 0 Å². The Morgan fingerprint density at radius 3 is 2.72 bits per heavy atom. The average molecular weight is 249 g/mol. The third-order valence-electron chi connectivity index (χ3n) is 3.07. The van der Waals surface area contributed by atoms with Crippen LogP contribution in [0.2, 0.25) is 0 Å². The number of piperazine rings is 1. The predicted octanol–water partition coefficient (Wildman–Crippen LogP) is 0.690. The van der Waals surface area contributed by atoms with Crippen molar-refractivity contribution in [1.29, 1.82) is 0 Å². The first-order valence-electron chi connectivity index (χ1n) is 5.80. The number of carbonyl (C=O) groups excluding carboxylic acids is 1. The summed E-state index contributed by atoms with van der Waals surface area (Å²) in [6, 6.07) is 3.68. The normalized spacial score (nSPS) is 16.6. The standard InChI is InChI=1S/C12H15N3O3/c16-9-11-10(2-1-3-13-11)8-14-4-6-15(7-5-14)12(17)18/h1-3,9H,4-8H2,(H,17,18). The van der Waals surface area contributed by atoms with Gasteiger partial charge in [-0.2, -0.15) is 0 Å². The average Bonchev–Trinajstić information content (AvgIpc) is 2.40. The highest BCUT2D eigenvalue weighted by atomic mass is 16.4. The topological polar surface area (TPSA) is 73.7 Å². The Bertz CT molecular complexity index is 442. The van der Waals surface area contributed by atoms with E-state index in [4.69, 9.17) is 5.11 Å². The van der Waals surface area contributed by atoms with Crippen LogP contribution in [0.4, 0.5) is 4.79 Å². The zero-order chi connectivity index (χ0) is 13.0. The highest BCUT2D eigenvalue weighted by molar-refractivity contribution is 5.73. The Morgan fingerprint density at radius 1 is 1.39 bits per heavy atom. The number of carbonyl (C=O) groups is 2. The molecule has 96 valence electrons. The second-order valence-electron chi connectivity index (χ2n) is 4.21. The summed E-state index contributed by atoms with van der Waals surface area (Å²) in [5.41, 5.74) is 1.34. The number of rotatable bonds is 3. The molecule has 2 rings (SSSR count). The van der Waals surface area contributed by atoms with E-state index in [1.807, 2.05) is 6.07 Å². The van der Waals surface area contributed by atoms with Gasteiger partial charge in [-0.3, -0.25) is 14.7 Å². The largest absolute Gasteiger partial charge is 0.465 e. The molecule has 2 heterocycles. The van der Waals surface area contributed by atoms with Crippen LogP contribution in [-0.2, 0) is 6.54 Å². The molecule has 1 amide bonds. The van der Waals surface area contributed by atoms with Crippen molar-refractivity contribution in [3.63, 3.8) is 0 Å². The van der Waals surface area contributed by atoms with Crippen molar-refractivity contribution in [2.75, 3.05) is 26.2 Å². The van der Waals surface area contributed by atoms with Gasteiger partial charge in [-0.05, 0) is 11.6 Å². The highest BCUT2D eigenvalue weighted by Crippen LogP contribution is 2.10. The zero-order valence-electron chi connectivity index (χ0n) is 9.95. The van der Waals surface area contributed by atoms with Crippen LogP contribution in [0.5, 0.6) is 0 Å². The maximum absolute atomic E-state index is 10.8. The predicted molar refractivity (Wildman–Crippen MR) is 64.5 cm³/mol. The number of hydrogen-bond acceptors (Lipinski definition) is 4. The molecule has 0 radical (unpaired) electrons. The molecule has 1 saturated heterocycles. The molecular weight excluding hydrogens is 234 g/mol. The van der Waals surface area contributed by atoms with Gasteiger partial charge in [-0.25, -0.2) is 4.79 Å². The number of hydrogen-bond donors (Lipinski definition) is 1. The smallest absolute Gasteiger partial charge is 0.407 e. The molecule has 6 nitrogen and oxygen atoms in total. The Labute approximate surface area is 105 Å². The molecule has 1 aliphatic heterocycles. The van der Waals surface area contributed by atoms with E-state index in [1.165, 1.54) is 4.90 Å². The summed E-state index contributed by atoms with van der Waals surface area (Å²) in [6.07, 6.45) is 1.47. The van der Waals surface area contributed by atoms with Gasteiger partial charge in [0.25, 0.3) is 0 Å². The molecule has 0 saturated carbocycles. The maximum atomic E-state index is 10.8. The van der Waals surface area contributed by atoms with Crippen molar-refractivity contribution >= 4 is 12.4 Å². The molecule has 18 heavy (non-hydrogen) atoms. The molecule has 0 spiro atoms. The second kappa shape index (κ2) is 5.59. The van der Waals surface area contributed by atoms with E-state index in [-0.39, 0.29) is 0 Å². The maximum Gasteiger partial charge on any atom is 0.407 e. The second-order valence-corrected chi connectivity index (χ2v) is 4.21. The molecule has 1 fully saturated rings. The van der Waals surface area contributed by atoms with E-state index in [0.717, 1.165) is 11.8 Å². The number of aldehydes is 1. The van der Waals surface area contributed by atoms with E-state index < -0.39 is 6.09 Å². The molecule has 1 aromatic rings. The molecule has 6 heteroatoms. The van der Waals surface area contributed by atoms with Gasteiger partial charge in [0, 0.05) is 38.9 Å². The fourth-order valence-electron chi connectivity index (χ4n) is 2.03. The Hall–Kier alpha value is -1.95. The fraction of sp³-hybridized carbons (Fsp3) is 0.417. The van der Waals surface area contributed by atoms with Crippen molar-refractivity contribution in [3.8, 4) is 0 Å². The summed E-state index contributed by atoms with van der Waals surface area (Å²) in [6.45, 7) is 3.01.